The normalized spacial score (nSPS) is 12.1. The quantitative estimate of drug-likeness (QED) is 0.907. The molecule has 0 saturated carbocycles. The lowest BCUT2D eigenvalue weighted by molar-refractivity contribution is -0.137. The summed E-state index contributed by atoms with van der Waals surface area (Å²) in [4.78, 5) is 15.3. The monoisotopic (exact) mass is 247 g/mol. The minimum Gasteiger partial charge on any atom is -0.481 e. The number of benzene rings is 1. The van der Waals surface area contributed by atoms with Gasteiger partial charge in [0.05, 0.1) is 0 Å². The maximum Gasteiger partial charge on any atom is 0.315 e. The van der Waals surface area contributed by atoms with Gasteiger partial charge in [-0.3, -0.25) is 9.78 Å². The zero-order valence-corrected chi connectivity index (χ0v) is 9.63. The van der Waals surface area contributed by atoms with E-state index in [0.29, 0.717) is 16.1 Å². The molecule has 1 N–H and O–H groups in total. The fraction of sp³-hybridized carbons (Fsp3) is 0.0769. The van der Waals surface area contributed by atoms with Crippen LogP contribution in [0, 0.1) is 0 Å². The molecule has 0 spiro atoms. The number of nitrogens with zero attached hydrogens (tertiary/aromatic N) is 1. The van der Waals surface area contributed by atoms with Crippen LogP contribution < -0.4 is 0 Å². The lowest BCUT2D eigenvalue weighted by Gasteiger charge is -2.12. The van der Waals surface area contributed by atoms with Crippen molar-refractivity contribution in [1.29, 1.82) is 0 Å². The number of rotatable bonds is 3. The van der Waals surface area contributed by atoms with Crippen LogP contribution in [0.3, 0.4) is 0 Å². The number of carboxylic acid groups (broad SMARTS) is 1. The molecule has 0 bridgehead atoms. The Bertz CT molecular complexity index is 511. The Morgan fingerprint density at radius 3 is 2.41 bits per heavy atom. The minimum atomic E-state index is -0.902. The molecule has 1 heterocycles. The molecule has 1 atom stereocenters. The van der Waals surface area contributed by atoms with Crippen molar-refractivity contribution in [2.75, 3.05) is 0 Å². The lowest BCUT2D eigenvalue weighted by Crippen LogP contribution is -2.13. The molecule has 0 radical (unpaired) electrons. The van der Waals surface area contributed by atoms with Gasteiger partial charge in [0, 0.05) is 17.4 Å². The van der Waals surface area contributed by atoms with E-state index in [1.54, 1.807) is 48.8 Å². The van der Waals surface area contributed by atoms with E-state index in [-0.39, 0.29) is 0 Å². The summed E-state index contributed by atoms with van der Waals surface area (Å²) in [6, 6.07) is 10.3. The van der Waals surface area contributed by atoms with Crippen LogP contribution in [0.25, 0.3) is 0 Å². The summed E-state index contributed by atoms with van der Waals surface area (Å²) in [6.07, 6.45) is 3.18. The number of pyridine rings is 1. The first-order chi connectivity index (χ1) is 8.18. The third kappa shape index (κ3) is 2.63. The first kappa shape index (κ1) is 11.6. The van der Waals surface area contributed by atoms with Crippen molar-refractivity contribution in [1.82, 2.24) is 4.98 Å². The van der Waals surface area contributed by atoms with Gasteiger partial charge in [0.1, 0.15) is 5.92 Å². The van der Waals surface area contributed by atoms with Gasteiger partial charge in [-0.25, -0.2) is 0 Å². The van der Waals surface area contributed by atoms with Gasteiger partial charge in [-0.2, -0.15) is 0 Å². The summed E-state index contributed by atoms with van der Waals surface area (Å²) in [7, 11) is 0. The zero-order chi connectivity index (χ0) is 12.3. The van der Waals surface area contributed by atoms with Gasteiger partial charge in [-0.15, -0.1) is 0 Å². The number of carboxylic acids is 1. The zero-order valence-electron chi connectivity index (χ0n) is 8.88. The minimum absolute atomic E-state index is 0.587. The highest BCUT2D eigenvalue weighted by Gasteiger charge is 2.21. The molecule has 3 nitrogen and oxygen atoms in total. The molecule has 0 aliphatic carbocycles. The molecule has 1 unspecified atom stereocenters. The van der Waals surface area contributed by atoms with Gasteiger partial charge in [-0.1, -0.05) is 29.8 Å². The lowest BCUT2D eigenvalue weighted by atomic mass is 9.93. The van der Waals surface area contributed by atoms with Crippen LogP contribution in [0.1, 0.15) is 17.0 Å². The maximum atomic E-state index is 11.3. The summed E-state index contributed by atoms with van der Waals surface area (Å²) in [6.45, 7) is 0. The van der Waals surface area contributed by atoms with E-state index in [1.807, 2.05) is 0 Å². The number of carbonyl (C=O) groups is 1. The third-order valence-electron chi connectivity index (χ3n) is 2.47. The van der Waals surface area contributed by atoms with E-state index in [0.717, 1.165) is 0 Å². The summed E-state index contributed by atoms with van der Waals surface area (Å²) in [5, 5.41) is 9.88. The van der Waals surface area contributed by atoms with Gasteiger partial charge in [-0.05, 0) is 29.3 Å². The largest absolute Gasteiger partial charge is 0.481 e. The van der Waals surface area contributed by atoms with Gasteiger partial charge in [0.25, 0.3) is 0 Å². The van der Waals surface area contributed by atoms with E-state index in [2.05, 4.69) is 4.98 Å². The Morgan fingerprint density at radius 2 is 1.88 bits per heavy atom. The standard InChI is InChI=1S/C13H10ClNO2/c14-11-5-3-9(4-6-11)12(13(16)17)10-2-1-7-15-8-10/h1-8,12H,(H,16,17). The molecule has 1 aromatic carbocycles. The van der Waals surface area contributed by atoms with E-state index in [4.69, 9.17) is 11.6 Å². The summed E-state index contributed by atoms with van der Waals surface area (Å²) in [5.74, 6) is -1.61. The summed E-state index contributed by atoms with van der Waals surface area (Å²) >= 11 is 5.78. The van der Waals surface area contributed by atoms with Crippen molar-refractivity contribution < 1.29 is 9.90 Å². The van der Waals surface area contributed by atoms with Crippen molar-refractivity contribution in [3.63, 3.8) is 0 Å². The van der Waals surface area contributed by atoms with Crippen molar-refractivity contribution in [3.05, 3.63) is 64.9 Å². The second-order valence-corrected chi connectivity index (χ2v) is 4.05. The molecule has 2 rings (SSSR count). The van der Waals surface area contributed by atoms with Crippen LogP contribution >= 0.6 is 11.6 Å². The van der Waals surface area contributed by atoms with Gasteiger partial charge >= 0.3 is 5.97 Å². The summed E-state index contributed by atoms with van der Waals surface area (Å²) in [5.41, 5.74) is 1.34. The highest BCUT2D eigenvalue weighted by molar-refractivity contribution is 6.30. The van der Waals surface area contributed by atoms with Crippen LogP contribution in [0.4, 0.5) is 0 Å². The Labute approximate surface area is 104 Å². The van der Waals surface area contributed by atoms with Gasteiger partial charge in [0.2, 0.25) is 0 Å². The molecule has 1 aromatic heterocycles. The Kier molecular flexibility index (Phi) is 3.40. The molecule has 2 aromatic rings. The molecular formula is C13H10ClNO2. The Morgan fingerprint density at radius 1 is 1.18 bits per heavy atom. The fourth-order valence-corrected chi connectivity index (χ4v) is 1.81. The molecule has 0 fully saturated rings. The van der Waals surface area contributed by atoms with E-state index >= 15 is 0 Å². The highest BCUT2D eigenvalue weighted by atomic mass is 35.5. The molecule has 0 aliphatic heterocycles. The van der Waals surface area contributed by atoms with E-state index in [1.165, 1.54) is 0 Å². The van der Waals surface area contributed by atoms with Crippen molar-refractivity contribution in [2.24, 2.45) is 0 Å². The third-order valence-corrected chi connectivity index (χ3v) is 2.72. The number of aromatic nitrogens is 1. The molecule has 4 heteroatoms. The average Bonchev–Trinajstić information content (AvgIpc) is 2.33. The molecule has 86 valence electrons. The highest BCUT2D eigenvalue weighted by Crippen LogP contribution is 2.25. The number of hydrogen-bond donors (Lipinski definition) is 1. The van der Waals surface area contributed by atoms with Crippen molar-refractivity contribution in [3.8, 4) is 0 Å². The van der Waals surface area contributed by atoms with Gasteiger partial charge < -0.3 is 5.11 Å². The first-order valence-electron chi connectivity index (χ1n) is 5.06. The maximum absolute atomic E-state index is 11.3. The predicted octanol–water partition coefficient (Wildman–Crippen LogP) is 2.95. The number of hydrogen-bond acceptors (Lipinski definition) is 2. The topological polar surface area (TPSA) is 50.2 Å². The van der Waals surface area contributed by atoms with Crippen molar-refractivity contribution >= 4 is 17.6 Å². The number of halogens is 1. The van der Waals surface area contributed by atoms with Crippen molar-refractivity contribution in [2.45, 2.75) is 5.92 Å². The molecule has 17 heavy (non-hydrogen) atoms. The number of aliphatic carboxylic acids is 1. The van der Waals surface area contributed by atoms with Crippen LogP contribution in [0.15, 0.2) is 48.8 Å². The van der Waals surface area contributed by atoms with Crippen LogP contribution in [0.5, 0.6) is 0 Å². The van der Waals surface area contributed by atoms with Crippen LogP contribution in [0.2, 0.25) is 5.02 Å². The molecule has 0 aliphatic rings. The summed E-state index contributed by atoms with van der Waals surface area (Å²) < 4.78 is 0. The fourth-order valence-electron chi connectivity index (χ4n) is 1.68. The van der Waals surface area contributed by atoms with Crippen LogP contribution in [-0.2, 0) is 4.79 Å². The Hall–Kier alpha value is -1.87. The first-order valence-corrected chi connectivity index (χ1v) is 5.44. The van der Waals surface area contributed by atoms with E-state index < -0.39 is 11.9 Å². The van der Waals surface area contributed by atoms with Crippen LogP contribution in [-0.4, -0.2) is 16.1 Å². The Balaban J connectivity index is 2.43. The molecular weight excluding hydrogens is 238 g/mol. The SMILES string of the molecule is O=C(O)C(c1ccc(Cl)cc1)c1cccnc1. The van der Waals surface area contributed by atoms with E-state index in [9.17, 15) is 9.90 Å². The second-order valence-electron chi connectivity index (χ2n) is 3.61. The van der Waals surface area contributed by atoms with Gasteiger partial charge in [0.15, 0.2) is 0 Å². The average molecular weight is 248 g/mol. The molecule has 0 amide bonds. The smallest absolute Gasteiger partial charge is 0.315 e. The second kappa shape index (κ2) is 4.97. The molecule has 0 saturated heterocycles. The predicted molar refractivity (Wildman–Crippen MR) is 65.2 cm³/mol.